The molecule has 2 rings (SSSR count). The molecule has 0 bridgehead atoms. The van der Waals surface area contributed by atoms with Crippen LogP contribution in [0, 0.1) is 10.1 Å². The zero-order chi connectivity index (χ0) is 9.26. The summed E-state index contributed by atoms with van der Waals surface area (Å²) in [5.74, 6) is -0.175. The highest BCUT2D eigenvalue weighted by atomic mass is 16.6. The number of fused-ring (bicyclic) bond motifs is 1. The predicted molar refractivity (Wildman–Crippen MR) is 46.2 cm³/mol. The SMILES string of the molecule is O=[N+]([O-])c1ccc2cccnc2n1. The highest BCUT2D eigenvalue weighted by Gasteiger charge is 2.08. The summed E-state index contributed by atoms with van der Waals surface area (Å²) in [6.07, 6.45) is 1.55. The maximum absolute atomic E-state index is 10.4. The molecule has 0 saturated heterocycles. The van der Waals surface area contributed by atoms with Crippen LogP contribution in [0.4, 0.5) is 5.82 Å². The van der Waals surface area contributed by atoms with E-state index < -0.39 is 4.92 Å². The van der Waals surface area contributed by atoms with Gasteiger partial charge in [-0.3, -0.25) is 0 Å². The van der Waals surface area contributed by atoms with Crippen LogP contribution >= 0.6 is 0 Å². The minimum absolute atomic E-state index is 0.175. The highest BCUT2D eigenvalue weighted by molar-refractivity contribution is 5.75. The smallest absolute Gasteiger partial charge is 0.358 e. The van der Waals surface area contributed by atoms with Crippen molar-refractivity contribution < 1.29 is 4.92 Å². The quantitative estimate of drug-likeness (QED) is 0.487. The Labute approximate surface area is 73.2 Å². The molecule has 5 nitrogen and oxygen atoms in total. The maximum Gasteiger partial charge on any atom is 0.365 e. The van der Waals surface area contributed by atoms with Crippen LogP contribution in [-0.2, 0) is 0 Å². The Balaban J connectivity index is 2.69. The van der Waals surface area contributed by atoms with Crippen LogP contribution in [0.1, 0.15) is 0 Å². The largest absolute Gasteiger partial charge is 0.365 e. The molecular formula is C8H5N3O2. The monoisotopic (exact) mass is 175 g/mol. The van der Waals surface area contributed by atoms with Crippen molar-refractivity contribution in [3.8, 4) is 0 Å². The Morgan fingerprint density at radius 3 is 2.92 bits per heavy atom. The van der Waals surface area contributed by atoms with Gasteiger partial charge in [-0.25, -0.2) is 4.98 Å². The number of aromatic nitrogens is 2. The molecule has 0 aromatic carbocycles. The predicted octanol–water partition coefficient (Wildman–Crippen LogP) is 1.54. The zero-order valence-corrected chi connectivity index (χ0v) is 6.54. The van der Waals surface area contributed by atoms with Crippen molar-refractivity contribution in [2.45, 2.75) is 0 Å². The van der Waals surface area contributed by atoms with E-state index in [2.05, 4.69) is 9.97 Å². The summed E-state index contributed by atoms with van der Waals surface area (Å²) in [6.45, 7) is 0. The third-order valence-electron chi connectivity index (χ3n) is 1.64. The molecule has 2 aromatic heterocycles. The lowest BCUT2D eigenvalue weighted by molar-refractivity contribution is -0.389. The van der Waals surface area contributed by atoms with Crippen molar-refractivity contribution in [1.29, 1.82) is 0 Å². The van der Waals surface area contributed by atoms with E-state index >= 15 is 0 Å². The average Bonchev–Trinajstić information content (AvgIpc) is 2.17. The average molecular weight is 175 g/mol. The normalized spacial score (nSPS) is 10.2. The summed E-state index contributed by atoms with van der Waals surface area (Å²) >= 11 is 0. The van der Waals surface area contributed by atoms with Crippen molar-refractivity contribution in [3.63, 3.8) is 0 Å². The second-order valence-corrected chi connectivity index (χ2v) is 2.48. The first-order valence-corrected chi connectivity index (χ1v) is 3.63. The van der Waals surface area contributed by atoms with Gasteiger partial charge in [-0.2, -0.15) is 0 Å². The van der Waals surface area contributed by atoms with Gasteiger partial charge in [0.05, 0.1) is 0 Å². The van der Waals surface area contributed by atoms with Crippen LogP contribution in [0.15, 0.2) is 30.5 Å². The van der Waals surface area contributed by atoms with Gasteiger partial charge in [-0.05, 0) is 28.1 Å². The first-order valence-electron chi connectivity index (χ1n) is 3.63. The lowest BCUT2D eigenvalue weighted by atomic mass is 10.3. The molecule has 0 atom stereocenters. The lowest BCUT2D eigenvalue weighted by Crippen LogP contribution is -1.92. The van der Waals surface area contributed by atoms with Crippen molar-refractivity contribution in [1.82, 2.24) is 9.97 Å². The fourth-order valence-corrected chi connectivity index (χ4v) is 1.04. The van der Waals surface area contributed by atoms with E-state index in [0.717, 1.165) is 5.39 Å². The fourth-order valence-electron chi connectivity index (χ4n) is 1.04. The van der Waals surface area contributed by atoms with E-state index in [9.17, 15) is 10.1 Å². The Morgan fingerprint density at radius 2 is 2.15 bits per heavy atom. The number of rotatable bonds is 1. The van der Waals surface area contributed by atoms with Gasteiger partial charge in [-0.1, -0.05) is 0 Å². The molecule has 0 spiro atoms. The molecular weight excluding hydrogens is 170 g/mol. The molecule has 0 aliphatic heterocycles. The number of nitro groups is 1. The second-order valence-electron chi connectivity index (χ2n) is 2.48. The summed E-state index contributed by atoms with van der Waals surface area (Å²) in [6, 6.07) is 6.56. The van der Waals surface area contributed by atoms with E-state index in [0.29, 0.717) is 5.65 Å². The number of pyridine rings is 2. The van der Waals surface area contributed by atoms with Crippen molar-refractivity contribution >= 4 is 16.9 Å². The van der Waals surface area contributed by atoms with Gasteiger partial charge in [0, 0.05) is 17.6 Å². The van der Waals surface area contributed by atoms with E-state index in [1.807, 2.05) is 0 Å². The van der Waals surface area contributed by atoms with Crippen molar-refractivity contribution in [2.75, 3.05) is 0 Å². The molecule has 0 amide bonds. The van der Waals surface area contributed by atoms with E-state index in [1.54, 1.807) is 24.4 Å². The van der Waals surface area contributed by atoms with Gasteiger partial charge in [0.2, 0.25) is 0 Å². The van der Waals surface area contributed by atoms with Gasteiger partial charge < -0.3 is 10.1 Å². The van der Waals surface area contributed by atoms with Crippen molar-refractivity contribution in [2.24, 2.45) is 0 Å². The summed E-state index contributed by atoms with van der Waals surface area (Å²) in [7, 11) is 0. The minimum atomic E-state index is -0.534. The van der Waals surface area contributed by atoms with Crippen molar-refractivity contribution in [3.05, 3.63) is 40.6 Å². The first kappa shape index (κ1) is 7.60. The topological polar surface area (TPSA) is 68.9 Å². The van der Waals surface area contributed by atoms with Crippen LogP contribution in [0.3, 0.4) is 0 Å². The van der Waals surface area contributed by atoms with E-state index in [1.165, 1.54) is 6.07 Å². The fraction of sp³-hybridized carbons (Fsp3) is 0. The third-order valence-corrected chi connectivity index (χ3v) is 1.64. The Hall–Kier alpha value is -2.04. The summed E-state index contributed by atoms with van der Waals surface area (Å²) in [5, 5.41) is 11.2. The first-order chi connectivity index (χ1) is 6.27. The Kier molecular flexibility index (Phi) is 1.63. The van der Waals surface area contributed by atoms with Crippen LogP contribution < -0.4 is 0 Å². The maximum atomic E-state index is 10.4. The standard InChI is InChI=1S/C8H5N3O2/c12-11(13)7-4-3-6-2-1-5-9-8(6)10-7/h1-5H. The molecule has 0 aliphatic carbocycles. The minimum Gasteiger partial charge on any atom is -0.358 e. The molecule has 0 radical (unpaired) electrons. The number of hydrogen-bond acceptors (Lipinski definition) is 4. The van der Waals surface area contributed by atoms with Gasteiger partial charge in [-0.15, -0.1) is 0 Å². The van der Waals surface area contributed by atoms with Gasteiger partial charge in [0.25, 0.3) is 5.65 Å². The van der Waals surface area contributed by atoms with Gasteiger partial charge in [0.1, 0.15) is 0 Å². The number of hydrogen-bond donors (Lipinski definition) is 0. The van der Waals surface area contributed by atoms with Crippen LogP contribution in [0.5, 0.6) is 0 Å². The molecule has 0 N–H and O–H groups in total. The summed E-state index contributed by atoms with van der Waals surface area (Å²) in [5.41, 5.74) is 0.400. The molecule has 0 unspecified atom stereocenters. The van der Waals surface area contributed by atoms with Crippen LogP contribution in [0.25, 0.3) is 11.0 Å². The van der Waals surface area contributed by atoms with Crippen LogP contribution in [-0.4, -0.2) is 14.9 Å². The van der Waals surface area contributed by atoms with E-state index in [-0.39, 0.29) is 5.82 Å². The highest BCUT2D eigenvalue weighted by Crippen LogP contribution is 2.13. The Morgan fingerprint density at radius 1 is 1.31 bits per heavy atom. The van der Waals surface area contributed by atoms with E-state index in [4.69, 9.17) is 0 Å². The molecule has 5 heteroatoms. The molecule has 2 aromatic rings. The lowest BCUT2D eigenvalue weighted by Gasteiger charge is -1.92. The molecule has 0 aliphatic rings. The third kappa shape index (κ3) is 1.31. The number of nitrogens with zero attached hydrogens (tertiary/aromatic N) is 3. The zero-order valence-electron chi connectivity index (χ0n) is 6.54. The molecule has 2 heterocycles. The molecule has 0 saturated carbocycles. The van der Waals surface area contributed by atoms with Gasteiger partial charge in [0.15, 0.2) is 0 Å². The molecule has 0 fully saturated rings. The second kappa shape index (κ2) is 2.78. The van der Waals surface area contributed by atoms with Gasteiger partial charge >= 0.3 is 5.82 Å². The van der Waals surface area contributed by atoms with Crippen LogP contribution in [0.2, 0.25) is 0 Å². The Bertz CT molecular complexity index is 470. The summed E-state index contributed by atoms with van der Waals surface area (Å²) in [4.78, 5) is 17.5. The molecule has 13 heavy (non-hydrogen) atoms. The summed E-state index contributed by atoms with van der Waals surface area (Å²) < 4.78 is 0. The molecule has 64 valence electrons.